The Labute approximate surface area is 481 Å². The third-order valence-electron chi connectivity index (χ3n) is 23.4. The first-order valence-electron chi connectivity index (χ1n) is 30.8. The lowest BCUT2D eigenvalue weighted by Gasteiger charge is -2.67. The maximum absolute atomic E-state index is 15.6. The highest BCUT2D eigenvalue weighted by Gasteiger charge is 2.70. The molecule has 12 aliphatic rings. The Kier molecular flexibility index (Phi) is 11.1. The summed E-state index contributed by atoms with van der Waals surface area (Å²) < 4.78 is 33.7. The standard InChI is InChI=1S/C69H70N2O12/c1-79-61-42-17-15-38-26-36-9-5-12-40(36)55-54(38)56(42)58-60(75)57(55)51(73)31-71-30-46-35(8-4-13-41(46)64(71)76)10-7-25-80-63-59(74)53-32-81-52(20-18-43(61)62(58)83-65(82-53)69(63,78)34-72)45-29-70-50-27-37-21-24-67(49(37)28-44(45)50)33-68(77)39-11-6-14-48(68)47(19-16-39)66(67)22-2-3-23-66/h4,8,13,16,18-20,26-29,36,39-40,47-48,52-53,59,63,65,70,72,74-75,77-78H,2-3,5-6,9-12,14-15,17,21-24,30-34H2,1H3/b20-18+/t36-,39-,40+,47-,48+,52+,53+,59+,63-,65+,67-,68-,69+/m0/s1. The van der Waals surface area contributed by atoms with Crippen LogP contribution >= 0.6 is 0 Å². The molecular weight excluding hydrogens is 1050 g/mol. The molecule has 17 rings (SSSR count). The van der Waals surface area contributed by atoms with Crippen molar-refractivity contribution in [3.8, 4) is 29.3 Å². The molecule has 2 spiro atoms. The van der Waals surface area contributed by atoms with Crippen molar-refractivity contribution in [2.75, 3.05) is 26.9 Å². The minimum absolute atomic E-state index is 0.0223. The lowest BCUT2D eigenvalue weighted by molar-refractivity contribution is -0.328. The van der Waals surface area contributed by atoms with Gasteiger partial charge < -0.3 is 59.1 Å². The van der Waals surface area contributed by atoms with Crippen LogP contribution in [0.1, 0.15) is 166 Å². The maximum atomic E-state index is 15.6. The quantitative estimate of drug-likeness (QED) is 0.0740. The highest BCUT2D eigenvalue weighted by molar-refractivity contribution is 6.17. The predicted octanol–water partition coefficient (Wildman–Crippen LogP) is 9.46. The Hall–Kier alpha value is -6.44. The van der Waals surface area contributed by atoms with Gasteiger partial charge in [0.25, 0.3) is 5.91 Å². The molecule has 14 heteroatoms. The molecule has 428 valence electrons. The number of aromatic amines is 1. The molecule has 1 amide bonds. The maximum Gasteiger partial charge on any atom is 0.254 e. The fourth-order valence-electron chi connectivity index (χ4n) is 19.9. The number of nitrogens with zero attached hydrogens (tertiary/aromatic N) is 1. The van der Waals surface area contributed by atoms with Crippen LogP contribution in [0.5, 0.6) is 17.2 Å². The Morgan fingerprint density at radius 3 is 2.64 bits per heavy atom. The van der Waals surface area contributed by atoms with Crippen molar-refractivity contribution in [2.45, 2.75) is 163 Å². The highest BCUT2D eigenvalue weighted by atomic mass is 16.7. The second-order valence-corrected chi connectivity index (χ2v) is 26.8. The summed E-state index contributed by atoms with van der Waals surface area (Å²) in [6.07, 6.45) is 23.4. The summed E-state index contributed by atoms with van der Waals surface area (Å²) in [4.78, 5) is 35.1. The minimum atomic E-state index is -2.48. The molecule has 13 atom stereocenters. The van der Waals surface area contributed by atoms with E-state index in [4.69, 9.17) is 23.7 Å². The molecule has 4 aliphatic heterocycles. The van der Waals surface area contributed by atoms with E-state index in [-0.39, 0.29) is 89.0 Å². The van der Waals surface area contributed by atoms with Gasteiger partial charge >= 0.3 is 0 Å². The van der Waals surface area contributed by atoms with Gasteiger partial charge in [0, 0.05) is 63.5 Å². The Morgan fingerprint density at radius 1 is 0.916 bits per heavy atom. The van der Waals surface area contributed by atoms with Crippen molar-refractivity contribution in [2.24, 2.45) is 29.1 Å². The molecule has 14 nitrogen and oxygen atoms in total. The number of hydrogen-bond donors (Lipinski definition) is 6. The van der Waals surface area contributed by atoms with E-state index < -0.39 is 54.3 Å². The number of amides is 1. The number of ketones is 1. The van der Waals surface area contributed by atoms with Crippen LogP contribution in [0.4, 0.5) is 0 Å². The number of aromatic hydroxyl groups is 1. The number of Topliss-reactive ketones (excluding diaryl/α,β-unsaturated/α-hetero) is 1. The number of hydrogen-bond acceptors (Lipinski definition) is 12. The number of aliphatic hydroxyl groups excluding tert-OH is 2. The molecule has 8 aliphatic carbocycles. The second kappa shape index (κ2) is 18.0. The Balaban J connectivity index is 0.885. The summed E-state index contributed by atoms with van der Waals surface area (Å²) in [5.74, 6) is 3.37. The van der Waals surface area contributed by atoms with Crippen molar-refractivity contribution in [1.29, 1.82) is 0 Å². The van der Waals surface area contributed by atoms with Gasteiger partial charge in [-0.15, -0.1) is 0 Å². The predicted molar refractivity (Wildman–Crippen MR) is 308 cm³/mol. The molecule has 5 aromatic rings. The van der Waals surface area contributed by atoms with Crippen LogP contribution in [0.3, 0.4) is 0 Å². The number of carbonyl (C=O) groups excluding carboxylic acids is 2. The first kappa shape index (κ1) is 51.0. The van der Waals surface area contributed by atoms with E-state index in [1.807, 2.05) is 24.4 Å². The third-order valence-corrected chi connectivity index (χ3v) is 23.4. The van der Waals surface area contributed by atoms with E-state index >= 15 is 4.79 Å². The Morgan fingerprint density at radius 2 is 1.78 bits per heavy atom. The number of nitrogens with one attached hydrogen (secondary N) is 1. The van der Waals surface area contributed by atoms with E-state index in [1.54, 1.807) is 24.1 Å². The molecule has 1 saturated heterocycles. The van der Waals surface area contributed by atoms with Crippen LogP contribution in [0.2, 0.25) is 0 Å². The number of allylic oxidation sites excluding steroid dienone is 3. The van der Waals surface area contributed by atoms with Crippen LogP contribution in [0, 0.1) is 41.1 Å². The minimum Gasteiger partial charge on any atom is -0.506 e. The van der Waals surface area contributed by atoms with Gasteiger partial charge in [-0.3, -0.25) is 9.59 Å². The van der Waals surface area contributed by atoms with Gasteiger partial charge in [0.15, 0.2) is 17.5 Å². The van der Waals surface area contributed by atoms with Gasteiger partial charge in [0.2, 0.25) is 6.29 Å². The number of H-pyrrole nitrogens is 1. The smallest absolute Gasteiger partial charge is 0.254 e. The van der Waals surface area contributed by atoms with Crippen LogP contribution in [0.15, 0.2) is 60.8 Å². The molecule has 4 aromatic carbocycles. The van der Waals surface area contributed by atoms with Gasteiger partial charge in [0.1, 0.15) is 41.7 Å². The largest absolute Gasteiger partial charge is 0.506 e. The lowest BCUT2D eigenvalue weighted by atomic mass is 9.38. The number of aryl methyl sites for hydroxylation is 2. The van der Waals surface area contributed by atoms with Crippen molar-refractivity contribution >= 4 is 45.0 Å². The summed E-state index contributed by atoms with van der Waals surface area (Å²) in [6.45, 7) is -1.36. The van der Waals surface area contributed by atoms with Crippen LogP contribution in [-0.2, 0) is 45.4 Å². The number of phenols is 1. The van der Waals surface area contributed by atoms with Crippen molar-refractivity contribution < 1.29 is 58.8 Å². The number of fused-ring (bicyclic) bond motifs is 12. The lowest BCUT2D eigenvalue weighted by Crippen LogP contribution is -2.70. The van der Waals surface area contributed by atoms with Crippen LogP contribution in [-0.4, -0.2) is 110 Å². The number of carbonyl (C=O) groups is 2. The molecule has 0 unspecified atom stereocenters. The van der Waals surface area contributed by atoms with Gasteiger partial charge in [-0.05, 0) is 163 Å². The Bertz CT molecular complexity index is 3850. The van der Waals surface area contributed by atoms with Crippen LogP contribution < -0.4 is 9.47 Å². The molecule has 6 N–H and O–H groups in total. The number of rotatable bonds is 3. The number of methoxy groups -OCH3 is 1. The number of ether oxygens (including phenoxy) is 5. The van der Waals surface area contributed by atoms with Gasteiger partial charge in [0.05, 0.1) is 49.0 Å². The zero-order valence-corrected chi connectivity index (χ0v) is 46.8. The number of benzene rings is 4. The molecule has 5 heterocycles. The third kappa shape index (κ3) is 6.73. The fourth-order valence-corrected chi connectivity index (χ4v) is 19.9. The first-order valence-corrected chi connectivity index (χ1v) is 30.8. The zero-order chi connectivity index (χ0) is 56.1. The number of aromatic nitrogens is 1. The summed E-state index contributed by atoms with van der Waals surface area (Å²) in [6, 6.07) is 10.1. The SMILES string of the molecule is COc1c2c3c4c(O)c(c5c6c4c1CCC6=C[C@@H]1CCC[C@@H]51)C(=O)CN1Cc4c(cccc4C1=O)CC#CO[C@H]1[C@H](O)[C@@H](CO[C@@H](c4c[nH]c5cc6c(cc45)[C@]4(CC6)C[C@]5(O)[C@@H]6C=C[C@@H]([C@H]5CCC6)C45CCCC5)/C=C/2)O[C@H](O3)[C@@]1(O)CO. The molecule has 83 heavy (non-hydrogen) atoms. The van der Waals surface area contributed by atoms with E-state index in [0.29, 0.717) is 41.0 Å². The highest BCUT2D eigenvalue weighted by Crippen LogP contribution is 2.73. The summed E-state index contributed by atoms with van der Waals surface area (Å²) in [7, 11) is 1.61. The molecular formula is C69H70N2O12. The monoisotopic (exact) mass is 1120 g/mol. The fraction of sp³-hybridized carbons (Fsp3) is 0.507. The normalized spacial score (nSPS) is 35.9. The molecule has 1 aromatic heterocycles. The molecule has 12 bridgehead atoms. The van der Waals surface area contributed by atoms with E-state index in [0.717, 1.165) is 120 Å². The topological polar surface area (TPSA) is 200 Å². The van der Waals surface area contributed by atoms with Crippen LogP contribution in [0.25, 0.3) is 33.3 Å². The van der Waals surface area contributed by atoms with E-state index in [1.165, 1.54) is 24.0 Å². The summed E-state index contributed by atoms with van der Waals surface area (Å²) in [5, 5.41) is 65.3. The van der Waals surface area contributed by atoms with Gasteiger partial charge in [-0.2, -0.15) is 0 Å². The van der Waals surface area contributed by atoms with Gasteiger partial charge in [-0.1, -0.05) is 68.0 Å². The second-order valence-electron chi connectivity index (χ2n) is 26.8. The van der Waals surface area contributed by atoms with Gasteiger partial charge in [-0.25, -0.2) is 0 Å². The van der Waals surface area contributed by atoms with E-state index in [2.05, 4.69) is 47.4 Å². The van der Waals surface area contributed by atoms with Crippen molar-refractivity contribution in [3.63, 3.8) is 0 Å². The van der Waals surface area contributed by atoms with Crippen molar-refractivity contribution in [1.82, 2.24) is 9.88 Å². The zero-order valence-electron chi connectivity index (χ0n) is 46.8. The summed E-state index contributed by atoms with van der Waals surface area (Å²) in [5.41, 5.74) is 7.06. The molecule has 4 saturated carbocycles. The number of phenolic OH excluding ortho intramolecular Hbond substituents is 1. The molecule has 5 fully saturated rings. The average molecular weight is 1120 g/mol. The average Bonchev–Trinajstić information content (AvgIpc) is 1.76. The van der Waals surface area contributed by atoms with E-state index in [9.17, 15) is 30.3 Å². The van der Waals surface area contributed by atoms with Crippen molar-refractivity contribution in [3.05, 3.63) is 122 Å². The number of aliphatic hydroxyl groups is 4. The first-order chi connectivity index (χ1) is 40.4. The summed E-state index contributed by atoms with van der Waals surface area (Å²) >= 11 is 0. The molecule has 0 radical (unpaired) electrons.